The van der Waals surface area contributed by atoms with Crippen LogP contribution in [-0.2, 0) is 16.0 Å². The predicted molar refractivity (Wildman–Crippen MR) is 87.4 cm³/mol. The van der Waals surface area contributed by atoms with E-state index in [1.807, 2.05) is 31.2 Å². The first kappa shape index (κ1) is 17.3. The molecule has 0 spiro atoms. The van der Waals surface area contributed by atoms with Crippen LogP contribution >= 0.6 is 0 Å². The minimum Gasteiger partial charge on any atom is -0.479 e. The normalized spacial score (nSPS) is 21.3. The van der Waals surface area contributed by atoms with Crippen molar-refractivity contribution < 1.29 is 19.4 Å². The molecule has 1 saturated heterocycles. The van der Waals surface area contributed by atoms with E-state index in [0.29, 0.717) is 25.8 Å². The Morgan fingerprint density at radius 1 is 1.30 bits per heavy atom. The zero-order valence-electron chi connectivity index (χ0n) is 14.3. The van der Waals surface area contributed by atoms with E-state index in [4.69, 9.17) is 4.74 Å². The Kier molecular flexibility index (Phi) is 4.68. The van der Waals surface area contributed by atoms with E-state index in [1.165, 1.54) is 4.90 Å². The van der Waals surface area contributed by atoms with Gasteiger partial charge in [-0.1, -0.05) is 24.3 Å². The second-order valence-corrected chi connectivity index (χ2v) is 7.18. The SMILES string of the molecule is Cc1ccccc1C[C@]1(C(=O)O)CCCN1C(=O)OC(C)(C)C. The lowest BCUT2D eigenvalue weighted by Gasteiger charge is -2.36. The number of aliphatic carboxylic acids is 1. The van der Waals surface area contributed by atoms with E-state index in [0.717, 1.165) is 11.1 Å². The molecule has 23 heavy (non-hydrogen) atoms. The maximum atomic E-state index is 12.5. The molecule has 0 saturated carbocycles. The van der Waals surface area contributed by atoms with E-state index < -0.39 is 23.2 Å². The Bertz CT molecular complexity index is 605. The smallest absolute Gasteiger partial charge is 0.411 e. The van der Waals surface area contributed by atoms with Crippen molar-refractivity contribution in [1.29, 1.82) is 0 Å². The first-order valence-corrected chi connectivity index (χ1v) is 7.94. The second kappa shape index (κ2) is 6.22. The molecule has 1 atom stereocenters. The number of rotatable bonds is 3. The Balaban J connectivity index is 2.33. The van der Waals surface area contributed by atoms with Crippen LogP contribution in [0, 0.1) is 6.92 Å². The second-order valence-electron chi connectivity index (χ2n) is 7.18. The van der Waals surface area contributed by atoms with Crippen molar-refractivity contribution in [3.05, 3.63) is 35.4 Å². The third-order valence-corrected chi connectivity index (χ3v) is 4.24. The number of ether oxygens (including phenoxy) is 1. The van der Waals surface area contributed by atoms with Crippen molar-refractivity contribution in [2.45, 2.75) is 58.1 Å². The lowest BCUT2D eigenvalue weighted by Crippen LogP contribution is -2.55. The highest BCUT2D eigenvalue weighted by Gasteiger charge is 2.51. The van der Waals surface area contributed by atoms with Gasteiger partial charge >= 0.3 is 12.1 Å². The number of aryl methyl sites for hydroxylation is 1. The Hall–Kier alpha value is -2.04. The summed E-state index contributed by atoms with van der Waals surface area (Å²) >= 11 is 0. The molecule has 1 aliphatic heterocycles. The Morgan fingerprint density at radius 3 is 2.52 bits per heavy atom. The van der Waals surface area contributed by atoms with Gasteiger partial charge in [0.1, 0.15) is 11.1 Å². The van der Waals surface area contributed by atoms with Crippen molar-refractivity contribution in [2.24, 2.45) is 0 Å². The molecule has 0 radical (unpaired) electrons. The van der Waals surface area contributed by atoms with Gasteiger partial charge in [0.2, 0.25) is 0 Å². The maximum Gasteiger partial charge on any atom is 0.411 e. The van der Waals surface area contributed by atoms with Crippen LogP contribution in [0.5, 0.6) is 0 Å². The molecule has 1 aromatic rings. The topological polar surface area (TPSA) is 66.8 Å². The molecule has 1 fully saturated rings. The average molecular weight is 319 g/mol. The van der Waals surface area contributed by atoms with Gasteiger partial charge in [0, 0.05) is 13.0 Å². The molecule has 0 unspecified atom stereocenters. The maximum absolute atomic E-state index is 12.5. The molecule has 0 aromatic heterocycles. The Labute approximate surface area is 137 Å². The number of nitrogens with zero attached hydrogens (tertiary/aromatic N) is 1. The summed E-state index contributed by atoms with van der Waals surface area (Å²) in [5, 5.41) is 9.88. The fourth-order valence-electron chi connectivity index (χ4n) is 3.07. The van der Waals surface area contributed by atoms with Crippen molar-refractivity contribution in [2.75, 3.05) is 6.54 Å². The highest BCUT2D eigenvalue weighted by atomic mass is 16.6. The first-order chi connectivity index (χ1) is 10.7. The summed E-state index contributed by atoms with van der Waals surface area (Å²) in [6, 6.07) is 7.69. The van der Waals surface area contributed by atoms with Crippen molar-refractivity contribution in [3.8, 4) is 0 Å². The quantitative estimate of drug-likeness (QED) is 0.927. The third-order valence-electron chi connectivity index (χ3n) is 4.24. The average Bonchev–Trinajstić information content (AvgIpc) is 2.84. The minimum absolute atomic E-state index is 0.300. The molecule has 2 rings (SSSR count). The summed E-state index contributed by atoms with van der Waals surface area (Å²) in [5.74, 6) is -0.968. The zero-order valence-corrected chi connectivity index (χ0v) is 14.3. The van der Waals surface area contributed by atoms with Gasteiger partial charge in [0.25, 0.3) is 0 Å². The number of carbonyl (C=O) groups is 2. The van der Waals surface area contributed by atoms with Crippen LogP contribution in [0.1, 0.15) is 44.7 Å². The summed E-state index contributed by atoms with van der Waals surface area (Å²) in [6.45, 7) is 7.71. The minimum atomic E-state index is -1.23. The van der Waals surface area contributed by atoms with E-state index in [2.05, 4.69) is 0 Å². The van der Waals surface area contributed by atoms with Crippen molar-refractivity contribution in [3.63, 3.8) is 0 Å². The number of carboxylic acid groups (broad SMARTS) is 1. The van der Waals surface area contributed by atoms with Gasteiger partial charge in [0.05, 0.1) is 0 Å². The molecule has 1 heterocycles. The molecule has 1 aliphatic rings. The van der Waals surface area contributed by atoms with Gasteiger partial charge in [-0.25, -0.2) is 9.59 Å². The molecule has 1 amide bonds. The molecule has 1 aromatic carbocycles. The number of hydrogen-bond donors (Lipinski definition) is 1. The number of carbonyl (C=O) groups excluding carboxylic acids is 1. The lowest BCUT2D eigenvalue weighted by atomic mass is 9.86. The summed E-state index contributed by atoms with van der Waals surface area (Å²) in [5.41, 5.74) is 0.107. The van der Waals surface area contributed by atoms with Gasteiger partial charge in [-0.3, -0.25) is 4.90 Å². The molecular formula is C18H25NO4. The Morgan fingerprint density at radius 2 is 1.96 bits per heavy atom. The molecule has 0 aliphatic carbocycles. The number of benzene rings is 1. The molecule has 1 N–H and O–H groups in total. The van der Waals surface area contributed by atoms with Crippen molar-refractivity contribution in [1.82, 2.24) is 4.90 Å². The number of likely N-dealkylation sites (tertiary alicyclic amines) is 1. The number of hydrogen-bond acceptors (Lipinski definition) is 3. The third kappa shape index (κ3) is 3.66. The van der Waals surface area contributed by atoms with Crippen LogP contribution in [0.25, 0.3) is 0 Å². The molecule has 126 valence electrons. The standard InChI is InChI=1S/C18H25NO4/c1-13-8-5-6-9-14(13)12-18(15(20)21)10-7-11-19(18)16(22)23-17(2,3)4/h5-6,8-9H,7,10-12H2,1-4H3,(H,20,21)/t18-/m0/s1. The molecular weight excluding hydrogens is 294 g/mol. The van der Waals surface area contributed by atoms with E-state index in [1.54, 1.807) is 20.8 Å². The van der Waals surface area contributed by atoms with Gasteiger partial charge < -0.3 is 9.84 Å². The summed E-state index contributed by atoms with van der Waals surface area (Å²) in [6.07, 6.45) is 0.854. The summed E-state index contributed by atoms with van der Waals surface area (Å²) in [4.78, 5) is 26.0. The number of amides is 1. The highest BCUT2D eigenvalue weighted by Crippen LogP contribution is 2.35. The lowest BCUT2D eigenvalue weighted by molar-refractivity contribution is -0.149. The van der Waals surface area contributed by atoms with Crippen LogP contribution in [0.3, 0.4) is 0 Å². The highest BCUT2D eigenvalue weighted by molar-refractivity contribution is 5.85. The van der Waals surface area contributed by atoms with E-state index in [9.17, 15) is 14.7 Å². The first-order valence-electron chi connectivity index (χ1n) is 7.94. The van der Waals surface area contributed by atoms with Crippen LogP contribution < -0.4 is 0 Å². The van der Waals surface area contributed by atoms with E-state index >= 15 is 0 Å². The summed E-state index contributed by atoms with van der Waals surface area (Å²) in [7, 11) is 0. The fraction of sp³-hybridized carbons (Fsp3) is 0.556. The monoisotopic (exact) mass is 319 g/mol. The number of carboxylic acids is 1. The van der Waals surface area contributed by atoms with Gasteiger partial charge in [-0.2, -0.15) is 0 Å². The van der Waals surface area contributed by atoms with E-state index in [-0.39, 0.29) is 0 Å². The molecule has 5 nitrogen and oxygen atoms in total. The molecule has 0 bridgehead atoms. The van der Waals surface area contributed by atoms with Crippen LogP contribution in [0.2, 0.25) is 0 Å². The van der Waals surface area contributed by atoms with Crippen molar-refractivity contribution >= 4 is 12.1 Å². The largest absolute Gasteiger partial charge is 0.479 e. The summed E-state index contributed by atoms with van der Waals surface area (Å²) < 4.78 is 5.42. The van der Waals surface area contributed by atoms with Crippen LogP contribution in [0.15, 0.2) is 24.3 Å². The molecule has 5 heteroatoms. The van der Waals surface area contributed by atoms with Crippen LogP contribution in [-0.4, -0.2) is 39.8 Å². The zero-order chi connectivity index (χ0) is 17.3. The van der Waals surface area contributed by atoms with Gasteiger partial charge in [-0.15, -0.1) is 0 Å². The fourth-order valence-corrected chi connectivity index (χ4v) is 3.07. The predicted octanol–water partition coefficient (Wildman–Crippen LogP) is 3.39. The van der Waals surface area contributed by atoms with Crippen LogP contribution in [0.4, 0.5) is 4.79 Å². The van der Waals surface area contributed by atoms with Gasteiger partial charge in [0.15, 0.2) is 0 Å². The van der Waals surface area contributed by atoms with Gasteiger partial charge in [-0.05, 0) is 51.7 Å².